The lowest BCUT2D eigenvalue weighted by atomic mass is 9.99. The normalized spacial score (nSPS) is 27.3. The van der Waals surface area contributed by atoms with Crippen molar-refractivity contribution in [2.24, 2.45) is 16.8 Å². The van der Waals surface area contributed by atoms with Crippen molar-refractivity contribution in [3.63, 3.8) is 0 Å². The van der Waals surface area contributed by atoms with E-state index in [2.05, 4.69) is 15.2 Å². The van der Waals surface area contributed by atoms with Crippen molar-refractivity contribution < 1.29 is 17.9 Å². The van der Waals surface area contributed by atoms with E-state index in [0.717, 1.165) is 25.3 Å². The molecule has 0 aromatic carbocycles. The Bertz CT molecular complexity index is 613. The molecule has 2 saturated heterocycles. The summed E-state index contributed by atoms with van der Waals surface area (Å²) >= 11 is 0. The Hall–Kier alpha value is -0.620. The molecule has 2 aliphatic heterocycles. The molecule has 0 bridgehead atoms. The first-order valence-electron chi connectivity index (χ1n) is 8.85. The van der Waals surface area contributed by atoms with Crippen LogP contribution in [0.4, 0.5) is 0 Å². The fourth-order valence-electron chi connectivity index (χ4n) is 3.64. The Kier molecular flexibility index (Phi) is 9.07. The highest BCUT2D eigenvalue weighted by molar-refractivity contribution is 14.0. The van der Waals surface area contributed by atoms with Gasteiger partial charge in [0.25, 0.3) is 0 Å². The third-order valence-electron chi connectivity index (χ3n) is 4.95. The minimum atomic E-state index is -3.19. The van der Waals surface area contributed by atoms with Gasteiger partial charge in [-0.3, -0.25) is 9.79 Å². The van der Waals surface area contributed by atoms with E-state index in [1.807, 2.05) is 13.8 Å². The predicted molar refractivity (Wildman–Crippen MR) is 112 cm³/mol. The van der Waals surface area contributed by atoms with Crippen LogP contribution in [0.1, 0.15) is 26.7 Å². The molecule has 0 spiro atoms. The number of likely N-dealkylation sites (tertiary alicyclic amines) is 1. The largest absolute Gasteiger partial charge is 0.469 e. The van der Waals surface area contributed by atoms with Gasteiger partial charge in [-0.05, 0) is 25.7 Å². The fraction of sp³-hybridized carbons (Fsp3) is 0.875. The maximum atomic E-state index is 11.9. The van der Waals surface area contributed by atoms with Gasteiger partial charge in [0, 0.05) is 32.2 Å². The Morgan fingerprint density at radius 3 is 2.62 bits per heavy atom. The van der Waals surface area contributed by atoms with Crippen LogP contribution in [-0.2, 0) is 19.6 Å². The first-order valence-corrected chi connectivity index (χ1v) is 10.7. The summed E-state index contributed by atoms with van der Waals surface area (Å²) in [6, 6.07) is -0.0833. The van der Waals surface area contributed by atoms with E-state index in [4.69, 9.17) is 4.74 Å². The van der Waals surface area contributed by atoms with E-state index in [0.29, 0.717) is 26.2 Å². The van der Waals surface area contributed by atoms with Crippen LogP contribution in [0, 0.1) is 11.8 Å². The first kappa shape index (κ1) is 23.4. The average molecular weight is 502 g/mol. The van der Waals surface area contributed by atoms with E-state index in [-0.39, 0.29) is 47.8 Å². The molecular weight excluding hydrogens is 471 g/mol. The topological polar surface area (TPSA) is 91.3 Å². The SMILES string of the molecule is CCNC(=NC[C@H]1CCCN1S(C)(=O)=O)N1CC(C)C(C(=O)OC)C1.I. The van der Waals surface area contributed by atoms with Crippen molar-refractivity contribution >= 4 is 45.9 Å². The zero-order chi connectivity index (χ0) is 18.6. The summed E-state index contributed by atoms with van der Waals surface area (Å²) in [6.45, 7) is 7.04. The number of sulfonamides is 1. The van der Waals surface area contributed by atoms with Crippen LogP contribution >= 0.6 is 24.0 Å². The molecule has 152 valence electrons. The molecule has 0 saturated carbocycles. The quantitative estimate of drug-likeness (QED) is 0.258. The van der Waals surface area contributed by atoms with E-state index >= 15 is 0 Å². The number of methoxy groups -OCH3 is 1. The Morgan fingerprint density at radius 1 is 1.35 bits per heavy atom. The van der Waals surface area contributed by atoms with Crippen LogP contribution in [0.3, 0.4) is 0 Å². The molecule has 3 atom stereocenters. The predicted octanol–water partition coefficient (Wildman–Crippen LogP) is 0.735. The Labute approximate surface area is 173 Å². The van der Waals surface area contributed by atoms with Crippen molar-refractivity contribution in [1.29, 1.82) is 0 Å². The highest BCUT2D eigenvalue weighted by Crippen LogP contribution is 2.25. The van der Waals surface area contributed by atoms with Crippen LogP contribution in [0.15, 0.2) is 4.99 Å². The van der Waals surface area contributed by atoms with Crippen LogP contribution in [0.5, 0.6) is 0 Å². The molecule has 0 radical (unpaired) electrons. The second kappa shape index (κ2) is 10.1. The van der Waals surface area contributed by atoms with Crippen LogP contribution in [0.25, 0.3) is 0 Å². The smallest absolute Gasteiger partial charge is 0.310 e. The summed E-state index contributed by atoms with van der Waals surface area (Å²) in [5.74, 6) is 0.578. The van der Waals surface area contributed by atoms with Crippen molar-refractivity contribution in [2.75, 3.05) is 46.1 Å². The lowest BCUT2D eigenvalue weighted by Crippen LogP contribution is -2.42. The van der Waals surface area contributed by atoms with Crippen molar-refractivity contribution in [1.82, 2.24) is 14.5 Å². The lowest BCUT2D eigenvalue weighted by Gasteiger charge is -2.24. The number of hydrogen-bond acceptors (Lipinski definition) is 5. The van der Waals surface area contributed by atoms with Crippen molar-refractivity contribution in [3.05, 3.63) is 0 Å². The maximum absolute atomic E-state index is 11.9. The molecule has 2 fully saturated rings. The highest BCUT2D eigenvalue weighted by Gasteiger charge is 2.37. The average Bonchev–Trinajstić information content (AvgIpc) is 3.17. The van der Waals surface area contributed by atoms with Gasteiger partial charge < -0.3 is 15.0 Å². The molecule has 0 aromatic heterocycles. The minimum absolute atomic E-state index is 0. The molecular formula is C16H31IN4O4S. The van der Waals surface area contributed by atoms with E-state index in [9.17, 15) is 13.2 Å². The third kappa shape index (κ3) is 5.69. The number of guanidine groups is 1. The van der Waals surface area contributed by atoms with E-state index in [1.54, 1.807) is 4.31 Å². The summed E-state index contributed by atoms with van der Waals surface area (Å²) < 4.78 is 30.2. The molecule has 10 heteroatoms. The summed E-state index contributed by atoms with van der Waals surface area (Å²) in [4.78, 5) is 18.6. The number of carbonyl (C=O) groups excluding carboxylic acids is 1. The molecule has 2 aliphatic rings. The Morgan fingerprint density at radius 2 is 2.04 bits per heavy atom. The van der Waals surface area contributed by atoms with Crippen molar-refractivity contribution in [2.45, 2.75) is 32.7 Å². The molecule has 0 aliphatic carbocycles. The second-order valence-corrected chi connectivity index (χ2v) is 8.81. The van der Waals surface area contributed by atoms with E-state index in [1.165, 1.54) is 13.4 Å². The first-order chi connectivity index (χ1) is 11.8. The standard InChI is InChI=1S/C16H30N4O4S.HI/c1-5-17-16(19-10-12(2)14(11-19)15(21)24-3)18-9-13-7-6-8-20(13)25(4,22)23;/h12-14H,5-11H2,1-4H3,(H,17,18);1H/t12?,13-,14?;/m1./s1. The number of halogens is 1. The maximum Gasteiger partial charge on any atom is 0.310 e. The van der Waals surface area contributed by atoms with Gasteiger partial charge in [0.15, 0.2) is 5.96 Å². The van der Waals surface area contributed by atoms with Gasteiger partial charge in [0.2, 0.25) is 10.0 Å². The number of aliphatic imine (C=N–C) groups is 1. The van der Waals surface area contributed by atoms with Crippen LogP contribution in [-0.4, -0.2) is 81.7 Å². The highest BCUT2D eigenvalue weighted by atomic mass is 127. The number of rotatable bonds is 5. The van der Waals surface area contributed by atoms with Crippen LogP contribution < -0.4 is 5.32 Å². The van der Waals surface area contributed by atoms with Crippen LogP contribution in [0.2, 0.25) is 0 Å². The molecule has 2 unspecified atom stereocenters. The number of carbonyl (C=O) groups is 1. The zero-order valence-electron chi connectivity index (χ0n) is 16.0. The van der Waals surface area contributed by atoms with Gasteiger partial charge in [-0.25, -0.2) is 8.42 Å². The van der Waals surface area contributed by atoms with Crippen molar-refractivity contribution in [3.8, 4) is 0 Å². The second-order valence-electron chi connectivity index (χ2n) is 6.88. The van der Waals surface area contributed by atoms with Gasteiger partial charge in [-0.2, -0.15) is 4.31 Å². The molecule has 0 aromatic rings. The van der Waals surface area contributed by atoms with Gasteiger partial charge >= 0.3 is 5.97 Å². The number of ether oxygens (including phenoxy) is 1. The molecule has 26 heavy (non-hydrogen) atoms. The molecule has 1 N–H and O–H groups in total. The summed E-state index contributed by atoms with van der Waals surface area (Å²) in [7, 11) is -1.78. The van der Waals surface area contributed by atoms with Gasteiger partial charge in [0.05, 0.1) is 25.8 Å². The summed E-state index contributed by atoms with van der Waals surface area (Å²) in [5.41, 5.74) is 0. The Balaban J connectivity index is 0.00000338. The number of esters is 1. The number of hydrogen-bond donors (Lipinski definition) is 1. The monoisotopic (exact) mass is 502 g/mol. The zero-order valence-corrected chi connectivity index (χ0v) is 19.1. The number of nitrogens with zero attached hydrogens (tertiary/aromatic N) is 3. The molecule has 8 nitrogen and oxygen atoms in total. The van der Waals surface area contributed by atoms with Gasteiger partial charge in [-0.15, -0.1) is 24.0 Å². The van der Waals surface area contributed by atoms with E-state index < -0.39 is 10.0 Å². The number of nitrogens with one attached hydrogen (secondary N) is 1. The minimum Gasteiger partial charge on any atom is -0.469 e. The molecule has 0 amide bonds. The van der Waals surface area contributed by atoms with Gasteiger partial charge in [0.1, 0.15) is 0 Å². The molecule has 2 rings (SSSR count). The summed E-state index contributed by atoms with van der Waals surface area (Å²) in [5, 5.41) is 3.26. The third-order valence-corrected chi connectivity index (χ3v) is 6.28. The summed E-state index contributed by atoms with van der Waals surface area (Å²) in [6.07, 6.45) is 2.95. The fourth-order valence-corrected chi connectivity index (χ4v) is 4.82. The van der Waals surface area contributed by atoms with Gasteiger partial charge in [-0.1, -0.05) is 6.92 Å². The lowest BCUT2D eigenvalue weighted by molar-refractivity contribution is -0.145. The molecule has 2 heterocycles.